The second-order valence-corrected chi connectivity index (χ2v) is 5.32. The van der Waals surface area contributed by atoms with E-state index in [1.54, 1.807) is 28.8 Å². The molecule has 0 aliphatic carbocycles. The molecule has 0 aromatic carbocycles. The van der Waals surface area contributed by atoms with Crippen molar-refractivity contribution in [1.82, 2.24) is 19.3 Å². The van der Waals surface area contributed by atoms with E-state index in [4.69, 9.17) is 0 Å². The molecule has 0 aliphatic heterocycles. The zero-order chi connectivity index (χ0) is 12.6. The van der Waals surface area contributed by atoms with Gasteiger partial charge in [0.25, 0.3) is 5.56 Å². The van der Waals surface area contributed by atoms with Gasteiger partial charge in [0.1, 0.15) is 5.39 Å². The van der Waals surface area contributed by atoms with Crippen LogP contribution in [0.5, 0.6) is 0 Å². The molecule has 2 aromatic rings. The van der Waals surface area contributed by atoms with Gasteiger partial charge in [0.15, 0.2) is 5.65 Å². The Morgan fingerprint density at radius 1 is 1.47 bits per heavy atom. The molecule has 17 heavy (non-hydrogen) atoms. The number of aryl methyl sites for hydroxylation is 1. The van der Waals surface area contributed by atoms with E-state index in [2.05, 4.69) is 36.6 Å². The molecule has 2 heterocycles. The second-order valence-electron chi connectivity index (χ2n) is 5.01. The summed E-state index contributed by atoms with van der Waals surface area (Å²) in [5, 5.41) is 4.60. The summed E-state index contributed by atoms with van der Waals surface area (Å²) in [5.74, 6) is 0.713. The van der Waals surface area contributed by atoms with Crippen LogP contribution in [-0.4, -0.2) is 25.1 Å². The molecule has 0 amide bonds. The highest BCUT2D eigenvalue weighted by atomic mass is 32.1. The van der Waals surface area contributed by atoms with Crippen molar-refractivity contribution in [2.45, 2.75) is 20.4 Å². The van der Waals surface area contributed by atoms with Crippen LogP contribution >= 0.6 is 12.6 Å². The summed E-state index contributed by atoms with van der Waals surface area (Å²) in [4.78, 5) is 16.4. The predicted octanol–water partition coefficient (Wildman–Crippen LogP) is 1.09. The number of aromatic nitrogens is 4. The van der Waals surface area contributed by atoms with Gasteiger partial charge in [0.05, 0.1) is 12.5 Å². The Bertz CT molecular complexity index is 599. The first-order valence-corrected chi connectivity index (χ1v) is 6.06. The van der Waals surface area contributed by atoms with Gasteiger partial charge < -0.3 is 0 Å². The Morgan fingerprint density at radius 2 is 2.18 bits per heavy atom. The van der Waals surface area contributed by atoms with Crippen LogP contribution in [0.15, 0.2) is 17.3 Å². The number of hydrogen-bond acceptors (Lipinski definition) is 4. The molecule has 0 bridgehead atoms. The number of hydrogen-bond donors (Lipinski definition) is 1. The third-order valence-corrected chi connectivity index (χ3v) is 3.60. The van der Waals surface area contributed by atoms with Gasteiger partial charge in [0, 0.05) is 13.6 Å². The summed E-state index contributed by atoms with van der Waals surface area (Å²) in [7, 11) is 1.77. The lowest BCUT2D eigenvalue weighted by Gasteiger charge is -2.22. The lowest BCUT2D eigenvalue weighted by molar-refractivity contribution is 0.346. The van der Waals surface area contributed by atoms with Gasteiger partial charge in [-0.25, -0.2) is 4.98 Å². The van der Waals surface area contributed by atoms with Crippen molar-refractivity contribution in [1.29, 1.82) is 0 Å². The second kappa shape index (κ2) is 4.18. The average Bonchev–Trinajstić information content (AvgIpc) is 2.65. The minimum Gasteiger partial charge on any atom is -0.298 e. The quantitative estimate of drug-likeness (QED) is 0.832. The van der Waals surface area contributed by atoms with E-state index in [-0.39, 0.29) is 11.0 Å². The summed E-state index contributed by atoms with van der Waals surface area (Å²) >= 11 is 4.29. The van der Waals surface area contributed by atoms with Crippen molar-refractivity contribution >= 4 is 23.7 Å². The van der Waals surface area contributed by atoms with Gasteiger partial charge in [-0.05, 0) is 11.2 Å². The van der Waals surface area contributed by atoms with Crippen molar-refractivity contribution in [3.63, 3.8) is 0 Å². The van der Waals surface area contributed by atoms with E-state index in [0.717, 1.165) is 0 Å². The molecule has 2 aromatic heterocycles. The maximum Gasteiger partial charge on any atom is 0.264 e. The van der Waals surface area contributed by atoms with Crippen molar-refractivity contribution in [2.75, 3.05) is 5.75 Å². The lowest BCUT2D eigenvalue weighted by Crippen LogP contribution is -2.29. The first kappa shape index (κ1) is 12.2. The van der Waals surface area contributed by atoms with Crippen molar-refractivity contribution in [3.05, 3.63) is 22.9 Å². The van der Waals surface area contributed by atoms with Crippen LogP contribution in [0.2, 0.25) is 0 Å². The van der Waals surface area contributed by atoms with Crippen molar-refractivity contribution in [3.8, 4) is 0 Å². The Hall–Kier alpha value is -1.30. The zero-order valence-electron chi connectivity index (χ0n) is 10.2. The normalized spacial score (nSPS) is 12.2. The van der Waals surface area contributed by atoms with Crippen LogP contribution in [0.1, 0.15) is 13.8 Å². The Kier molecular flexibility index (Phi) is 2.99. The fourth-order valence-corrected chi connectivity index (χ4v) is 1.79. The largest absolute Gasteiger partial charge is 0.298 e. The van der Waals surface area contributed by atoms with Gasteiger partial charge in [-0.2, -0.15) is 17.7 Å². The molecular weight excluding hydrogens is 236 g/mol. The molecule has 92 valence electrons. The topological polar surface area (TPSA) is 52.7 Å². The summed E-state index contributed by atoms with van der Waals surface area (Å²) in [5.41, 5.74) is 0.540. The van der Waals surface area contributed by atoms with Crippen LogP contribution in [0.25, 0.3) is 11.0 Å². The predicted molar refractivity (Wildman–Crippen MR) is 70.4 cm³/mol. The van der Waals surface area contributed by atoms with Gasteiger partial charge in [-0.1, -0.05) is 13.8 Å². The monoisotopic (exact) mass is 252 g/mol. The first-order valence-electron chi connectivity index (χ1n) is 5.42. The molecule has 2 rings (SSSR count). The smallest absolute Gasteiger partial charge is 0.264 e. The fourth-order valence-electron chi connectivity index (χ4n) is 1.69. The van der Waals surface area contributed by atoms with Gasteiger partial charge in [0.2, 0.25) is 0 Å². The maximum absolute atomic E-state index is 12.2. The maximum atomic E-state index is 12.2. The third kappa shape index (κ3) is 2.22. The number of fused-ring (bicyclic) bond motifs is 1. The van der Waals surface area contributed by atoms with Crippen LogP contribution in [0.4, 0.5) is 0 Å². The van der Waals surface area contributed by atoms with E-state index in [1.807, 2.05) is 0 Å². The van der Waals surface area contributed by atoms with Crippen LogP contribution in [-0.2, 0) is 13.6 Å². The molecule has 0 aliphatic rings. The van der Waals surface area contributed by atoms with Crippen LogP contribution in [0, 0.1) is 5.41 Å². The average molecular weight is 252 g/mol. The number of nitrogens with zero attached hydrogens (tertiary/aromatic N) is 4. The molecule has 0 saturated heterocycles. The minimum atomic E-state index is -0.0436. The van der Waals surface area contributed by atoms with Crippen molar-refractivity contribution < 1.29 is 0 Å². The van der Waals surface area contributed by atoms with E-state index in [1.165, 1.54) is 0 Å². The molecule has 0 spiro atoms. The lowest BCUT2D eigenvalue weighted by atomic mass is 9.96. The molecule has 0 atom stereocenters. The molecule has 0 fully saturated rings. The zero-order valence-corrected chi connectivity index (χ0v) is 11.1. The van der Waals surface area contributed by atoms with E-state index < -0.39 is 0 Å². The van der Waals surface area contributed by atoms with E-state index >= 15 is 0 Å². The molecule has 0 unspecified atom stereocenters. The van der Waals surface area contributed by atoms with Crippen LogP contribution in [0.3, 0.4) is 0 Å². The SMILES string of the molecule is Cn1ncc2c(=O)n(CC(C)(C)CS)cnc21. The highest BCUT2D eigenvalue weighted by Gasteiger charge is 2.18. The van der Waals surface area contributed by atoms with Crippen LogP contribution < -0.4 is 5.56 Å². The summed E-state index contributed by atoms with van der Waals surface area (Å²) in [6, 6.07) is 0. The molecule has 0 radical (unpaired) electrons. The van der Waals surface area contributed by atoms with Gasteiger partial charge in [-0.15, -0.1) is 0 Å². The van der Waals surface area contributed by atoms with Gasteiger partial charge in [-0.3, -0.25) is 14.0 Å². The minimum absolute atomic E-state index is 0.0372. The van der Waals surface area contributed by atoms with Crippen molar-refractivity contribution in [2.24, 2.45) is 12.5 Å². The number of thiol groups is 1. The van der Waals surface area contributed by atoms with Gasteiger partial charge >= 0.3 is 0 Å². The summed E-state index contributed by atoms with van der Waals surface area (Å²) in [6.07, 6.45) is 3.15. The highest BCUT2D eigenvalue weighted by molar-refractivity contribution is 7.80. The number of rotatable bonds is 3. The summed E-state index contributed by atoms with van der Waals surface area (Å²) in [6.45, 7) is 4.74. The summed E-state index contributed by atoms with van der Waals surface area (Å²) < 4.78 is 3.23. The Morgan fingerprint density at radius 3 is 2.82 bits per heavy atom. The molecule has 0 saturated carbocycles. The first-order chi connectivity index (χ1) is 7.94. The Balaban J connectivity index is 2.50. The molecule has 0 N–H and O–H groups in total. The molecule has 5 nitrogen and oxygen atoms in total. The van der Waals surface area contributed by atoms with E-state index in [9.17, 15) is 4.79 Å². The highest BCUT2D eigenvalue weighted by Crippen LogP contribution is 2.18. The third-order valence-electron chi connectivity index (χ3n) is 2.74. The van der Waals surface area contributed by atoms with E-state index in [0.29, 0.717) is 23.3 Å². The Labute approximate surface area is 105 Å². The fraction of sp³-hybridized carbons (Fsp3) is 0.545. The standard InChI is InChI=1S/C11H16N4OS/c1-11(2,6-17)5-15-7-12-9-8(10(15)16)4-13-14(9)3/h4,7,17H,5-6H2,1-3H3. The molecule has 6 heteroatoms. The molecular formula is C11H16N4OS.